The number of sulfone groups is 1. The number of ether oxygens (including phenoxy) is 1. The number of hydrogen-bond donors (Lipinski definition) is 1. The van der Waals surface area contributed by atoms with Gasteiger partial charge in [0.1, 0.15) is 0 Å². The van der Waals surface area contributed by atoms with Crippen LogP contribution in [0.1, 0.15) is 13.3 Å². The third-order valence-electron chi connectivity index (χ3n) is 4.27. The standard InChI is InChI=1S/C16H20N2O5S2/c1-11(8-16(20)18-4-6-23-7-5-18)25(21,22)12-2-3-13-14(9-12)24-10-15(19)17-13/h2-3,9,11H,4-8,10H2,1H3,(H,17,19). The molecule has 0 radical (unpaired) electrons. The predicted molar refractivity (Wildman–Crippen MR) is 94.5 cm³/mol. The lowest BCUT2D eigenvalue weighted by molar-refractivity contribution is -0.135. The summed E-state index contributed by atoms with van der Waals surface area (Å²) < 4.78 is 30.8. The first-order valence-electron chi connectivity index (χ1n) is 8.04. The molecule has 2 heterocycles. The van der Waals surface area contributed by atoms with Gasteiger partial charge in [0.25, 0.3) is 0 Å². The zero-order valence-corrected chi connectivity index (χ0v) is 15.5. The average Bonchev–Trinajstić information content (AvgIpc) is 2.61. The highest BCUT2D eigenvalue weighted by atomic mass is 32.2. The third kappa shape index (κ3) is 3.99. The van der Waals surface area contributed by atoms with Crippen molar-refractivity contribution in [1.29, 1.82) is 0 Å². The van der Waals surface area contributed by atoms with E-state index in [0.717, 1.165) is 4.90 Å². The summed E-state index contributed by atoms with van der Waals surface area (Å²) in [5.41, 5.74) is 0.622. The molecular weight excluding hydrogens is 364 g/mol. The van der Waals surface area contributed by atoms with Gasteiger partial charge in [-0.1, -0.05) is 0 Å². The molecule has 7 nitrogen and oxygen atoms in total. The van der Waals surface area contributed by atoms with Crippen LogP contribution in [0.2, 0.25) is 0 Å². The summed E-state index contributed by atoms with van der Waals surface area (Å²) in [7, 11) is -3.62. The topological polar surface area (TPSA) is 92.8 Å². The number of morpholine rings is 1. The van der Waals surface area contributed by atoms with E-state index in [4.69, 9.17) is 4.74 Å². The highest BCUT2D eigenvalue weighted by Gasteiger charge is 2.29. The van der Waals surface area contributed by atoms with Gasteiger partial charge in [0, 0.05) is 24.4 Å². The van der Waals surface area contributed by atoms with Crippen molar-refractivity contribution in [2.24, 2.45) is 0 Å². The van der Waals surface area contributed by atoms with Crippen LogP contribution in [-0.4, -0.2) is 62.4 Å². The van der Waals surface area contributed by atoms with Crippen LogP contribution in [0.3, 0.4) is 0 Å². The van der Waals surface area contributed by atoms with Crippen molar-refractivity contribution in [3.63, 3.8) is 0 Å². The van der Waals surface area contributed by atoms with Gasteiger partial charge in [-0.2, -0.15) is 0 Å². The predicted octanol–water partition coefficient (Wildman–Crippen LogP) is 1.14. The maximum Gasteiger partial charge on any atom is 0.234 e. The van der Waals surface area contributed by atoms with E-state index in [1.165, 1.54) is 17.8 Å². The van der Waals surface area contributed by atoms with Crippen LogP contribution >= 0.6 is 11.8 Å². The largest absolute Gasteiger partial charge is 0.378 e. The zero-order valence-electron chi connectivity index (χ0n) is 13.9. The van der Waals surface area contributed by atoms with Crippen molar-refractivity contribution in [1.82, 2.24) is 4.90 Å². The fourth-order valence-electron chi connectivity index (χ4n) is 2.76. The maximum atomic E-state index is 12.8. The maximum absolute atomic E-state index is 12.8. The van der Waals surface area contributed by atoms with Crippen LogP contribution in [0.5, 0.6) is 0 Å². The highest BCUT2D eigenvalue weighted by molar-refractivity contribution is 8.00. The molecule has 9 heteroatoms. The molecule has 1 aromatic rings. The molecule has 136 valence electrons. The Hall–Kier alpha value is -1.58. The molecule has 0 spiro atoms. The van der Waals surface area contributed by atoms with Gasteiger partial charge < -0.3 is 15.0 Å². The molecule has 1 aromatic carbocycles. The Bertz CT molecular complexity index is 788. The van der Waals surface area contributed by atoms with Crippen molar-refractivity contribution in [3.05, 3.63) is 18.2 Å². The van der Waals surface area contributed by atoms with Gasteiger partial charge in [0.2, 0.25) is 11.8 Å². The number of amides is 2. The van der Waals surface area contributed by atoms with Crippen molar-refractivity contribution < 1.29 is 22.7 Å². The van der Waals surface area contributed by atoms with Crippen LogP contribution in [0, 0.1) is 0 Å². The average molecular weight is 384 g/mol. The SMILES string of the molecule is CC(CC(=O)N1CCOCC1)S(=O)(=O)c1ccc2c(c1)SCC(=O)N2. The Morgan fingerprint density at radius 3 is 2.80 bits per heavy atom. The van der Waals surface area contributed by atoms with Gasteiger partial charge in [-0.25, -0.2) is 8.42 Å². The molecule has 0 aromatic heterocycles. The number of thioether (sulfide) groups is 1. The summed E-state index contributed by atoms with van der Waals surface area (Å²) in [5, 5.41) is 1.90. The van der Waals surface area contributed by atoms with E-state index < -0.39 is 15.1 Å². The van der Waals surface area contributed by atoms with E-state index in [0.29, 0.717) is 32.0 Å². The fraction of sp³-hybridized carbons (Fsp3) is 0.500. The molecule has 0 saturated carbocycles. The van der Waals surface area contributed by atoms with Gasteiger partial charge in [-0.3, -0.25) is 9.59 Å². The summed E-state index contributed by atoms with van der Waals surface area (Å²) >= 11 is 1.31. The molecular formula is C16H20N2O5S2. The van der Waals surface area contributed by atoms with E-state index in [-0.39, 0.29) is 28.9 Å². The molecule has 3 rings (SSSR count). The lowest BCUT2D eigenvalue weighted by atomic mass is 10.3. The molecule has 25 heavy (non-hydrogen) atoms. The van der Waals surface area contributed by atoms with Crippen LogP contribution in [0.25, 0.3) is 0 Å². The van der Waals surface area contributed by atoms with Crippen LogP contribution in [0.15, 0.2) is 28.0 Å². The Labute approximate surface area is 151 Å². The number of nitrogens with one attached hydrogen (secondary N) is 1. The Morgan fingerprint density at radius 1 is 1.36 bits per heavy atom. The van der Waals surface area contributed by atoms with E-state index in [2.05, 4.69) is 5.32 Å². The molecule has 1 unspecified atom stereocenters. The number of benzene rings is 1. The Morgan fingerprint density at radius 2 is 2.08 bits per heavy atom. The normalized spacial score (nSPS) is 19.1. The van der Waals surface area contributed by atoms with Gasteiger partial charge in [-0.05, 0) is 25.1 Å². The second kappa shape index (κ2) is 7.35. The molecule has 1 N–H and O–H groups in total. The second-order valence-electron chi connectivity index (χ2n) is 6.05. The van der Waals surface area contributed by atoms with Gasteiger partial charge in [0.15, 0.2) is 9.84 Å². The minimum atomic E-state index is -3.62. The Kier molecular flexibility index (Phi) is 5.35. The number of rotatable bonds is 4. The minimum absolute atomic E-state index is 0.0523. The number of carbonyl (C=O) groups is 2. The molecule has 0 aliphatic carbocycles. The van der Waals surface area contributed by atoms with Gasteiger partial charge in [0.05, 0.1) is 34.8 Å². The van der Waals surface area contributed by atoms with Crippen LogP contribution in [-0.2, 0) is 24.2 Å². The fourth-order valence-corrected chi connectivity index (χ4v) is 5.05. The van der Waals surface area contributed by atoms with E-state index in [9.17, 15) is 18.0 Å². The molecule has 2 aliphatic heterocycles. The lowest BCUT2D eigenvalue weighted by Crippen LogP contribution is -2.42. The van der Waals surface area contributed by atoms with E-state index >= 15 is 0 Å². The Balaban J connectivity index is 1.74. The van der Waals surface area contributed by atoms with Crippen LogP contribution < -0.4 is 5.32 Å². The molecule has 0 bridgehead atoms. The lowest BCUT2D eigenvalue weighted by Gasteiger charge is -2.28. The van der Waals surface area contributed by atoms with Crippen LogP contribution in [0.4, 0.5) is 5.69 Å². The van der Waals surface area contributed by atoms with E-state index in [1.54, 1.807) is 24.0 Å². The number of carbonyl (C=O) groups excluding carboxylic acids is 2. The first kappa shape index (κ1) is 18.2. The first-order chi connectivity index (χ1) is 11.9. The van der Waals surface area contributed by atoms with Crippen molar-refractivity contribution in [3.8, 4) is 0 Å². The summed E-state index contributed by atoms with van der Waals surface area (Å²) in [4.78, 5) is 26.2. The van der Waals surface area contributed by atoms with Crippen molar-refractivity contribution in [2.45, 2.75) is 28.4 Å². The third-order valence-corrected chi connectivity index (χ3v) is 7.46. The minimum Gasteiger partial charge on any atom is -0.378 e. The highest BCUT2D eigenvalue weighted by Crippen LogP contribution is 2.34. The number of fused-ring (bicyclic) bond motifs is 1. The van der Waals surface area contributed by atoms with E-state index in [1.807, 2.05) is 0 Å². The van der Waals surface area contributed by atoms with Crippen molar-refractivity contribution in [2.75, 3.05) is 37.4 Å². The number of hydrogen-bond acceptors (Lipinski definition) is 6. The number of nitrogens with zero attached hydrogens (tertiary/aromatic N) is 1. The quantitative estimate of drug-likeness (QED) is 0.837. The monoisotopic (exact) mass is 384 g/mol. The molecule has 2 amide bonds. The second-order valence-corrected chi connectivity index (χ2v) is 9.43. The van der Waals surface area contributed by atoms with Gasteiger partial charge >= 0.3 is 0 Å². The summed E-state index contributed by atoms with van der Waals surface area (Å²) in [6, 6.07) is 4.66. The zero-order chi connectivity index (χ0) is 18.0. The smallest absolute Gasteiger partial charge is 0.234 e. The molecule has 1 atom stereocenters. The van der Waals surface area contributed by atoms with Crippen molar-refractivity contribution >= 4 is 39.1 Å². The molecule has 1 fully saturated rings. The first-order valence-corrected chi connectivity index (χ1v) is 10.6. The number of anilines is 1. The molecule has 1 saturated heterocycles. The van der Waals surface area contributed by atoms with Gasteiger partial charge in [-0.15, -0.1) is 11.8 Å². The summed E-state index contributed by atoms with van der Waals surface area (Å²) in [6.07, 6.45) is -0.0523. The summed E-state index contributed by atoms with van der Waals surface area (Å²) in [6.45, 7) is 3.53. The molecule has 2 aliphatic rings. The summed E-state index contributed by atoms with van der Waals surface area (Å²) in [5.74, 6) is -0.00163.